The molecule has 1 aromatic carbocycles. The molecule has 7 nitrogen and oxygen atoms in total. The van der Waals surface area contributed by atoms with Gasteiger partial charge in [-0.15, -0.1) is 0 Å². The molecule has 2 amide bonds. The molecule has 4 aliphatic heterocycles. The molecule has 0 aromatic heterocycles. The monoisotopic (exact) mass is 412 g/mol. The van der Waals surface area contributed by atoms with Crippen molar-refractivity contribution in [1.29, 1.82) is 0 Å². The van der Waals surface area contributed by atoms with Crippen LogP contribution in [-0.2, 0) is 20.7 Å². The molecule has 3 saturated heterocycles. The summed E-state index contributed by atoms with van der Waals surface area (Å²) >= 11 is 0. The SMILES string of the molecule is O=C(CN1CCC2(CCN(CCN3CCOCC3)C2=O)C1)N1CCc2ccccc21. The van der Waals surface area contributed by atoms with Crippen LogP contribution in [0.5, 0.6) is 0 Å². The molecular weight excluding hydrogens is 380 g/mol. The van der Waals surface area contributed by atoms with Crippen LogP contribution < -0.4 is 4.90 Å². The van der Waals surface area contributed by atoms with Crippen LogP contribution in [0.15, 0.2) is 24.3 Å². The molecular formula is C23H32N4O3. The van der Waals surface area contributed by atoms with E-state index in [2.05, 4.69) is 20.8 Å². The zero-order valence-electron chi connectivity index (χ0n) is 17.7. The highest BCUT2D eigenvalue weighted by molar-refractivity contribution is 5.97. The van der Waals surface area contributed by atoms with E-state index in [1.807, 2.05) is 23.1 Å². The highest BCUT2D eigenvalue weighted by atomic mass is 16.5. The summed E-state index contributed by atoms with van der Waals surface area (Å²) in [7, 11) is 0. The van der Waals surface area contributed by atoms with Gasteiger partial charge in [0, 0.05) is 51.5 Å². The lowest BCUT2D eigenvalue weighted by Gasteiger charge is -2.29. The molecule has 5 rings (SSSR count). The summed E-state index contributed by atoms with van der Waals surface area (Å²) in [5, 5.41) is 0. The zero-order chi connectivity index (χ0) is 20.6. The maximum Gasteiger partial charge on any atom is 0.241 e. The molecule has 1 aromatic rings. The Morgan fingerprint density at radius 3 is 2.63 bits per heavy atom. The molecule has 7 heteroatoms. The van der Waals surface area contributed by atoms with Gasteiger partial charge in [0.15, 0.2) is 0 Å². The van der Waals surface area contributed by atoms with Crippen molar-refractivity contribution in [3.05, 3.63) is 29.8 Å². The van der Waals surface area contributed by atoms with Crippen LogP contribution >= 0.6 is 0 Å². The van der Waals surface area contributed by atoms with Gasteiger partial charge in [-0.05, 0) is 37.4 Å². The minimum absolute atomic E-state index is 0.159. The Hall–Kier alpha value is -1.96. The number of rotatable bonds is 5. The highest BCUT2D eigenvalue weighted by Gasteiger charge is 2.50. The number of benzene rings is 1. The number of morpholine rings is 1. The summed E-state index contributed by atoms with van der Waals surface area (Å²) in [6.07, 6.45) is 2.73. The van der Waals surface area contributed by atoms with E-state index in [-0.39, 0.29) is 11.3 Å². The fourth-order valence-corrected chi connectivity index (χ4v) is 5.54. The third-order valence-electron chi connectivity index (χ3n) is 7.37. The molecule has 4 heterocycles. The van der Waals surface area contributed by atoms with Crippen molar-refractivity contribution in [2.75, 3.05) is 77.0 Å². The van der Waals surface area contributed by atoms with E-state index in [1.165, 1.54) is 5.56 Å². The van der Waals surface area contributed by atoms with Crippen LogP contribution in [0.25, 0.3) is 0 Å². The van der Waals surface area contributed by atoms with Gasteiger partial charge in [0.25, 0.3) is 0 Å². The first-order chi connectivity index (χ1) is 14.6. The molecule has 4 aliphatic rings. The Labute approximate surface area is 178 Å². The van der Waals surface area contributed by atoms with Crippen molar-refractivity contribution in [3.8, 4) is 0 Å². The van der Waals surface area contributed by atoms with Gasteiger partial charge in [-0.2, -0.15) is 0 Å². The Morgan fingerprint density at radius 1 is 0.967 bits per heavy atom. The van der Waals surface area contributed by atoms with Crippen LogP contribution in [0.1, 0.15) is 18.4 Å². The molecule has 1 spiro atoms. The van der Waals surface area contributed by atoms with Crippen molar-refractivity contribution in [1.82, 2.24) is 14.7 Å². The average Bonchev–Trinajstić information content (AvgIpc) is 3.46. The second kappa shape index (κ2) is 8.29. The van der Waals surface area contributed by atoms with Gasteiger partial charge >= 0.3 is 0 Å². The average molecular weight is 413 g/mol. The van der Waals surface area contributed by atoms with E-state index >= 15 is 0 Å². The van der Waals surface area contributed by atoms with Gasteiger partial charge in [0.05, 0.1) is 25.2 Å². The minimum Gasteiger partial charge on any atom is -0.379 e. The van der Waals surface area contributed by atoms with Crippen LogP contribution in [0, 0.1) is 5.41 Å². The van der Waals surface area contributed by atoms with Gasteiger partial charge in [-0.25, -0.2) is 0 Å². The summed E-state index contributed by atoms with van der Waals surface area (Å²) in [5.41, 5.74) is 2.04. The van der Waals surface area contributed by atoms with Crippen LogP contribution in [0.3, 0.4) is 0 Å². The maximum atomic E-state index is 13.2. The quantitative estimate of drug-likeness (QED) is 0.717. The number of hydrogen-bond donors (Lipinski definition) is 0. The zero-order valence-corrected chi connectivity index (χ0v) is 17.7. The fraction of sp³-hybridized carbons (Fsp3) is 0.652. The second-order valence-corrected chi connectivity index (χ2v) is 9.16. The number of para-hydroxylation sites is 1. The van der Waals surface area contributed by atoms with Crippen molar-refractivity contribution in [3.63, 3.8) is 0 Å². The number of carbonyl (C=O) groups excluding carboxylic acids is 2. The molecule has 0 bridgehead atoms. The summed E-state index contributed by atoms with van der Waals surface area (Å²) in [4.78, 5) is 34.7. The Balaban J connectivity index is 1.15. The number of likely N-dealkylation sites (tertiary alicyclic amines) is 2. The predicted octanol–water partition coefficient (Wildman–Crippen LogP) is 0.832. The Morgan fingerprint density at radius 2 is 1.77 bits per heavy atom. The molecule has 0 saturated carbocycles. The van der Waals surface area contributed by atoms with Crippen LogP contribution in [-0.4, -0.2) is 98.6 Å². The standard InChI is InChI=1S/C23H32N4O3/c28-21(27-8-5-19-3-1-2-4-20(19)27)17-25-9-6-23(18-25)7-10-26(22(23)29)12-11-24-13-15-30-16-14-24/h1-4H,5-18H2. The number of nitrogens with zero attached hydrogens (tertiary/aromatic N) is 4. The number of fused-ring (bicyclic) bond motifs is 1. The summed E-state index contributed by atoms with van der Waals surface area (Å²) in [6, 6.07) is 8.18. The number of anilines is 1. The first-order valence-corrected chi connectivity index (χ1v) is 11.3. The molecule has 0 aliphatic carbocycles. The highest BCUT2D eigenvalue weighted by Crippen LogP contribution is 2.40. The van der Waals surface area contributed by atoms with Gasteiger partial charge in [0.2, 0.25) is 11.8 Å². The molecule has 1 atom stereocenters. The number of carbonyl (C=O) groups is 2. The summed E-state index contributed by atoms with van der Waals surface area (Å²) < 4.78 is 5.41. The van der Waals surface area contributed by atoms with Crippen LogP contribution in [0.2, 0.25) is 0 Å². The smallest absolute Gasteiger partial charge is 0.241 e. The first-order valence-electron chi connectivity index (χ1n) is 11.3. The predicted molar refractivity (Wildman–Crippen MR) is 114 cm³/mol. The molecule has 1 unspecified atom stereocenters. The summed E-state index contributed by atoms with van der Waals surface area (Å²) in [6.45, 7) is 8.85. The molecule has 0 radical (unpaired) electrons. The lowest BCUT2D eigenvalue weighted by atomic mass is 9.85. The lowest BCUT2D eigenvalue weighted by Crippen LogP contribution is -2.44. The fourth-order valence-electron chi connectivity index (χ4n) is 5.54. The van der Waals surface area contributed by atoms with Crippen LogP contribution in [0.4, 0.5) is 5.69 Å². The lowest BCUT2D eigenvalue weighted by molar-refractivity contribution is -0.136. The van der Waals surface area contributed by atoms with Crippen molar-refractivity contribution in [2.45, 2.75) is 19.3 Å². The Kier molecular flexibility index (Phi) is 5.52. The molecule has 30 heavy (non-hydrogen) atoms. The van der Waals surface area contributed by atoms with E-state index in [1.54, 1.807) is 0 Å². The second-order valence-electron chi connectivity index (χ2n) is 9.16. The summed E-state index contributed by atoms with van der Waals surface area (Å²) in [5.74, 6) is 0.462. The van der Waals surface area contributed by atoms with Gasteiger partial charge in [-0.3, -0.25) is 19.4 Å². The van der Waals surface area contributed by atoms with E-state index < -0.39 is 0 Å². The van der Waals surface area contributed by atoms with Gasteiger partial charge in [-0.1, -0.05) is 18.2 Å². The topological polar surface area (TPSA) is 56.3 Å². The van der Waals surface area contributed by atoms with Gasteiger partial charge in [0.1, 0.15) is 0 Å². The minimum atomic E-state index is -0.270. The van der Waals surface area contributed by atoms with Gasteiger partial charge < -0.3 is 14.5 Å². The largest absolute Gasteiger partial charge is 0.379 e. The van der Waals surface area contributed by atoms with Crippen molar-refractivity contribution >= 4 is 17.5 Å². The third-order valence-corrected chi connectivity index (χ3v) is 7.37. The van der Waals surface area contributed by atoms with E-state index in [4.69, 9.17) is 4.74 Å². The molecule has 3 fully saturated rings. The molecule has 162 valence electrons. The van der Waals surface area contributed by atoms with E-state index in [0.717, 1.165) is 90.5 Å². The van der Waals surface area contributed by atoms with E-state index in [9.17, 15) is 9.59 Å². The normalized spacial score (nSPS) is 27.4. The Bertz CT molecular complexity index is 809. The van der Waals surface area contributed by atoms with E-state index in [0.29, 0.717) is 12.5 Å². The first kappa shape index (κ1) is 20.0. The molecule has 0 N–H and O–H groups in total. The maximum absolute atomic E-state index is 13.2. The number of amides is 2. The van der Waals surface area contributed by atoms with Crippen molar-refractivity contribution in [2.24, 2.45) is 5.41 Å². The third kappa shape index (κ3) is 3.74. The van der Waals surface area contributed by atoms with Crippen molar-refractivity contribution < 1.29 is 14.3 Å². The number of ether oxygens (including phenoxy) is 1. The number of hydrogen-bond acceptors (Lipinski definition) is 5.